The van der Waals surface area contributed by atoms with Crippen molar-refractivity contribution in [3.63, 3.8) is 0 Å². The van der Waals surface area contributed by atoms with Gasteiger partial charge in [0.2, 0.25) is 11.6 Å². The molecule has 0 atom stereocenters. The SMILES string of the molecule is Brc1ccc2c(c1)n1c3ccccc3nc1n2-c1ccc2oc3ccccc3c2c1.c1ccc([Si](c2ccccc2)(c2ccccc2)c2ccc3c(c2)n2c4ccccc4nc2n3-c2ccc3oc4ccccc4c3c2)cc1. The number of imidazole rings is 4. The van der Waals surface area contributed by atoms with Crippen LogP contribution in [0.4, 0.5) is 0 Å². The molecule has 0 spiro atoms. The normalized spacial score (nSPS) is 12.2. The number of rotatable bonds is 6. The Balaban J connectivity index is 0.000000145. The minimum atomic E-state index is -2.73. The van der Waals surface area contributed by atoms with Crippen molar-refractivity contribution in [1.29, 1.82) is 0 Å². The number of furan rings is 2. The summed E-state index contributed by atoms with van der Waals surface area (Å²) < 4.78 is 22.4. The number of aromatic nitrogens is 6. The lowest BCUT2D eigenvalue weighted by Crippen LogP contribution is -2.74. The van der Waals surface area contributed by atoms with Gasteiger partial charge in [0.15, 0.2) is 8.07 Å². The molecule has 0 radical (unpaired) electrons. The molecule has 0 bridgehead atoms. The van der Waals surface area contributed by atoms with Gasteiger partial charge >= 0.3 is 0 Å². The van der Waals surface area contributed by atoms with E-state index in [0.717, 1.165) is 115 Å². The predicted molar refractivity (Wildman–Crippen MR) is 325 cm³/mol. The first-order valence-corrected chi connectivity index (χ1v) is 28.9. The highest BCUT2D eigenvalue weighted by molar-refractivity contribution is 9.10. The number of halogens is 1. The van der Waals surface area contributed by atoms with E-state index in [4.69, 9.17) is 18.8 Å². The summed E-state index contributed by atoms with van der Waals surface area (Å²) >= 11 is 3.64. The van der Waals surface area contributed by atoms with E-state index in [-0.39, 0.29) is 0 Å². The zero-order chi connectivity index (χ0) is 51.5. The molecule has 0 aliphatic carbocycles. The Morgan fingerprint density at radius 3 is 1.22 bits per heavy atom. The average molecular weight is 1080 g/mol. The van der Waals surface area contributed by atoms with E-state index < -0.39 is 8.07 Å². The lowest BCUT2D eigenvalue weighted by Gasteiger charge is -2.34. The third-order valence-corrected chi connectivity index (χ3v) is 20.9. The fourth-order valence-electron chi connectivity index (χ4n) is 12.3. The Morgan fingerprint density at radius 1 is 0.308 bits per heavy atom. The van der Waals surface area contributed by atoms with Gasteiger partial charge in [0.25, 0.3) is 0 Å². The summed E-state index contributed by atoms with van der Waals surface area (Å²) in [4.78, 5) is 10.2. The van der Waals surface area contributed by atoms with Gasteiger partial charge in [0, 0.05) is 26.0 Å². The lowest BCUT2D eigenvalue weighted by molar-refractivity contribution is 0.668. The van der Waals surface area contributed by atoms with E-state index in [1.54, 1.807) is 0 Å². The lowest BCUT2D eigenvalue weighted by atomic mass is 10.1. The summed E-state index contributed by atoms with van der Waals surface area (Å²) in [5.41, 5.74) is 14.3. The van der Waals surface area contributed by atoms with Crippen LogP contribution in [0.25, 0.3) is 111 Å². The van der Waals surface area contributed by atoms with Gasteiger partial charge in [-0.3, -0.25) is 17.9 Å². The predicted octanol–water partition coefficient (Wildman–Crippen LogP) is 14.8. The van der Waals surface area contributed by atoms with Gasteiger partial charge in [0.05, 0.1) is 55.5 Å². The number of hydrogen-bond donors (Lipinski definition) is 0. The van der Waals surface area contributed by atoms with Crippen LogP contribution < -0.4 is 20.7 Å². The molecule has 0 fully saturated rings. The van der Waals surface area contributed by atoms with Crippen molar-refractivity contribution in [3.8, 4) is 11.4 Å². The van der Waals surface area contributed by atoms with Crippen molar-refractivity contribution in [2.24, 2.45) is 0 Å². The molecule has 11 aromatic carbocycles. The van der Waals surface area contributed by atoms with E-state index in [9.17, 15) is 0 Å². The van der Waals surface area contributed by atoms with Gasteiger partial charge in [-0.15, -0.1) is 0 Å². The minimum absolute atomic E-state index is 0.882. The molecule has 17 aromatic rings. The van der Waals surface area contributed by atoms with Crippen molar-refractivity contribution in [2.75, 3.05) is 0 Å². The van der Waals surface area contributed by atoms with Crippen LogP contribution in [-0.2, 0) is 0 Å². The first-order chi connectivity index (χ1) is 38.6. The summed E-state index contributed by atoms with van der Waals surface area (Å²) in [5, 5.41) is 9.82. The first-order valence-electron chi connectivity index (χ1n) is 26.1. The Labute approximate surface area is 455 Å². The summed E-state index contributed by atoms with van der Waals surface area (Å²) in [7, 11) is -2.73. The van der Waals surface area contributed by atoms with Gasteiger partial charge in [-0.2, -0.15) is 0 Å². The molecular weight excluding hydrogens is 1040 g/mol. The third kappa shape index (κ3) is 6.63. The van der Waals surface area contributed by atoms with E-state index in [1.807, 2.05) is 36.4 Å². The highest BCUT2D eigenvalue weighted by Gasteiger charge is 2.42. The van der Waals surface area contributed by atoms with Gasteiger partial charge in [-0.1, -0.05) is 174 Å². The number of benzene rings is 11. The van der Waals surface area contributed by atoms with E-state index in [2.05, 4.69) is 258 Å². The molecule has 368 valence electrons. The highest BCUT2D eigenvalue weighted by Crippen LogP contribution is 2.37. The molecule has 6 aromatic heterocycles. The van der Waals surface area contributed by atoms with Crippen LogP contribution in [0.2, 0.25) is 0 Å². The van der Waals surface area contributed by atoms with Crippen LogP contribution in [0.1, 0.15) is 0 Å². The molecule has 0 saturated carbocycles. The molecule has 10 heteroatoms. The van der Waals surface area contributed by atoms with Crippen molar-refractivity contribution >= 4 is 144 Å². The average Bonchev–Trinajstić information content (AvgIpc) is 4.51. The Hall–Kier alpha value is -9.74. The molecule has 6 heterocycles. The van der Waals surface area contributed by atoms with E-state index in [0.29, 0.717) is 0 Å². The Bertz CT molecular complexity index is 5090. The summed E-state index contributed by atoms with van der Waals surface area (Å²) in [6.45, 7) is 0. The zero-order valence-corrected chi connectivity index (χ0v) is 44.3. The van der Waals surface area contributed by atoms with Crippen molar-refractivity contribution in [1.82, 2.24) is 27.9 Å². The summed E-state index contributed by atoms with van der Waals surface area (Å²) in [6, 6.07) is 92.7. The summed E-state index contributed by atoms with van der Waals surface area (Å²) in [6.07, 6.45) is 0. The second-order valence-electron chi connectivity index (χ2n) is 19.9. The Kier molecular flexibility index (Phi) is 9.94. The molecular formula is C68H43BrN6O2Si. The highest BCUT2D eigenvalue weighted by atomic mass is 79.9. The maximum Gasteiger partial charge on any atom is 0.220 e. The Morgan fingerprint density at radius 2 is 0.718 bits per heavy atom. The second kappa shape index (κ2) is 17.4. The quantitative estimate of drug-likeness (QED) is 0.123. The molecule has 0 aliphatic heterocycles. The van der Waals surface area contributed by atoms with Gasteiger partial charge in [-0.05, 0) is 124 Å². The standard InChI is InChI=1S/C43H29N3OSi.C25H14BrN3O/c1-4-14-31(15-5-1)48(32-16-6-2-7-17-32,33-18-8-3-9-19-33)34-25-26-39-40(29-34)46-38-22-12-11-21-37(38)44-43(46)45(39)30-24-27-42-36(28-30)35-20-10-13-23-41(35)47-42;26-15-9-11-21-22(13-15)29-20-7-3-2-6-19(20)27-25(29)28(21)16-10-12-24-18(14-16)17-5-1-4-8-23(17)30-24/h1-29H;1-14H. The van der Waals surface area contributed by atoms with E-state index >= 15 is 0 Å². The molecule has 17 rings (SSSR count). The van der Waals surface area contributed by atoms with Gasteiger partial charge in [-0.25, -0.2) is 9.97 Å². The topological polar surface area (TPSA) is 70.7 Å². The second-order valence-corrected chi connectivity index (χ2v) is 24.6. The van der Waals surface area contributed by atoms with Crippen LogP contribution in [0.15, 0.2) is 274 Å². The minimum Gasteiger partial charge on any atom is -0.456 e. The first kappa shape index (κ1) is 44.5. The third-order valence-electron chi connectivity index (χ3n) is 15.7. The maximum atomic E-state index is 6.20. The number of nitrogens with zero attached hydrogens (tertiary/aromatic N) is 6. The van der Waals surface area contributed by atoms with E-state index in [1.165, 1.54) is 20.7 Å². The number of hydrogen-bond acceptors (Lipinski definition) is 4. The van der Waals surface area contributed by atoms with Gasteiger partial charge in [0.1, 0.15) is 22.3 Å². The summed E-state index contributed by atoms with van der Waals surface area (Å²) in [5.74, 6) is 1.79. The fraction of sp³-hybridized carbons (Fsp3) is 0. The van der Waals surface area contributed by atoms with Crippen LogP contribution >= 0.6 is 15.9 Å². The number of fused-ring (bicyclic) bond motifs is 16. The van der Waals surface area contributed by atoms with Crippen LogP contribution in [0.3, 0.4) is 0 Å². The number of para-hydroxylation sites is 6. The molecule has 0 N–H and O–H groups in total. The fourth-order valence-corrected chi connectivity index (χ4v) is 17.4. The monoisotopic (exact) mass is 1080 g/mol. The molecule has 0 aliphatic rings. The maximum absolute atomic E-state index is 6.20. The van der Waals surface area contributed by atoms with Gasteiger partial charge < -0.3 is 8.83 Å². The smallest absolute Gasteiger partial charge is 0.220 e. The molecule has 8 nitrogen and oxygen atoms in total. The zero-order valence-electron chi connectivity index (χ0n) is 41.7. The van der Waals surface area contributed by atoms with Crippen molar-refractivity contribution in [2.45, 2.75) is 0 Å². The van der Waals surface area contributed by atoms with Crippen LogP contribution in [0, 0.1) is 0 Å². The molecule has 0 unspecified atom stereocenters. The van der Waals surface area contributed by atoms with Crippen molar-refractivity contribution < 1.29 is 8.83 Å². The molecule has 0 saturated heterocycles. The van der Waals surface area contributed by atoms with Crippen LogP contribution in [-0.4, -0.2) is 36.0 Å². The van der Waals surface area contributed by atoms with Crippen molar-refractivity contribution in [3.05, 3.63) is 265 Å². The van der Waals surface area contributed by atoms with Crippen LogP contribution in [0.5, 0.6) is 0 Å². The molecule has 0 amide bonds. The molecule has 78 heavy (non-hydrogen) atoms. The largest absolute Gasteiger partial charge is 0.456 e.